The number of hydrogen-bond acceptors (Lipinski definition) is 5. The Labute approximate surface area is 134 Å². The second kappa shape index (κ2) is 9.15. The summed E-state index contributed by atoms with van der Waals surface area (Å²) in [5.74, 6) is 1.62. The Morgan fingerprint density at radius 1 is 0.864 bits per heavy atom. The molecule has 0 amide bonds. The summed E-state index contributed by atoms with van der Waals surface area (Å²) in [4.78, 5) is 0. The summed E-state index contributed by atoms with van der Waals surface area (Å²) < 4.78 is 28.7. The molecular formula is C16H28O5Si. The van der Waals surface area contributed by atoms with Crippen LogP contribution in [0.15, 0.2) is 12.1 Å². The standard InChI is InChI=1S/C16H28O5Si/c1-7-19-22(20-8-2,21-9-3)12-14-11-15(17-5)10-13(4)16(14)18-6/h10-11H,7-9,12H2,1-6H3. The van der Waals surface area contributed by atoms with Gasteiger partial charge in [0.05, 0.1) is 14.2 Å². The van der Waals surface area contributed by atoms with E-state index in [9.17, 15) is 0 Å². The lowest BCUT2D eigenvalue weighted by Gasteiger charge is -2.29. The Balaban J connectivity index is 3.22. The van der Waals surface area contributed by atoms with Crippen molar-refractivity contribution in [1.29, 1.82) is 0 Å². The van der Waals surface area contributed by atoms with Crippen LogP contribution in [-0.2, 0) is 19.3 Å². The lowest BCUT2D eigenvalue weighted by atomic mass is 10.1. The predicted molar refractivity (Wildman–Crippen MR) is 88.6 cm³/mol. The van der Waals surface area contributed by atoms with E-state index in [-0.39, 0.29) is 0 Å². The molecule has 1 aromatic carbocycles. The smallest absolute Gasteiger partial charge is 0.497 e. The van der Waals surface area contributed by atoms with Crippen LogP contribution in [0.4, 0.5) is 0 Å². The molecule has 0 radical (unpaired) electrons. The van der Waals surface area contributed by atoms with Gasteiger partial charge in [0, 0.05) is 31.4 Å². The third-order valence-electron chi connectivity index (χ3n) is 3.26. The second-order valence-corrected chi connectivity index (χ2v) is 7.38. The Hall–Kier alpha value is -1.08. The molecule has 0 saturated carbocycles. The van der Waals surface area contributed by atoms with E-state index in [1.54, 1.807) is 14.2 Å². The van der Waals surface area contributed by atoms with Gasteiger partial charge in [0.25, 0.3) is 0 Å². The van der Waals surface area contributed by atoms with E-state index >= 15 is 0 Å². The lowest BCUT2D eigenvalue weighted by Crippen LogP contribution is -2.48. The molecule has 0 aliphatic heterocycles. The number of benzene rings is 1. The molecule has 5 nitrogen and oxygen atoms in total. The Bertz CT molecular complexity index is 447. The van der Waals surface area contributed by atoms with Gasteiger partial charge in [-0.25, -0.2) is 0 Å². The first-order valence-electron chi connectivity index (χ1n) is 7.69. The summed E-state index contributed by atoms with van der Waals surface area (Å²) in [5, 5.41) is 0. The summed E-state index contributed by atoms with van der Waals surface area (Å²) >= 11 is 0. The molecule has 1 aromatic rings. The van der Waals surface area contributed by atoms with Gasteiger partial charge in [0.2, 0.25) is 0 Å². The molecule has 0 atom stereocenters. The molecule has 126 valence electrons. The van der Waals surface area contributed by atoms with E-state index < -0.39 is 8.80 Å². The first-order valence-corrected chi connectivity index (χ1v) is 9.62. The van der Waals surface area contributed by atoms with Crippen molar-refractivity contribution in [3.63, 3.8) is 0 Å². The van der Waals surface area contributed by atoms with Crippen LogP contribution in [0.3, 0.4) is 0 Å². The molecule has 0 N–H and O–H groups in total. The molecule has 0 unspecified atom stereocenters. The fraction of sp³-hybridized carbons (Fsp3) is 0.625. The molecule has 0 aromatic heterocycles. The van der Waals surface area contributed by atoms with Crippen molar-refractivity contribution >= 4 is 8.80 Å². The van der Waals surface area contributed by atoms with Gasteiger partial charge in [0.15, 0.2) is 0 Å². The third-order valence-corrected chi connectivity index (χ3v) is 6.26. The minimum absolute atomic E-state index is 0.553. The van der Waals surface area contributed by atoms with Crippen molar-refractivity contribution in [1.82, 2.24) is 0 Å². The molecule has 6 heteroatoms. The van der Waals surface area contributed by atoms with E-state index in [1.807, 2.05) is 39.8 Å². The number of rotatable bonds is 10. The van der Waals surface area contributed by atoms with Crippen LogP contribution in [0.2, 0.25) is 0 Å². The van der Waals surface area contributed by atoms with Crippen LogP contribution in [-0.4, -0.2) is 42.8 Å². The van der Waals surface area contributed by atoms with Crippen LogP contribution < -0.4 is 9.47 Å². The van der Waals surface area contributed by atoms with Gasteiger partial charge in [-0.3, -0.25) is 0 Å². The molecule has 0 heterocycles. The van der Waals surface area contributed by atoms with Crippen molar-refractivity contribution in [3.05, 3.63) is 23.3 Å². The summed E-state index contributed by atoms with van der Waals surface area (Å²) in [6, 6.07) is 4.47. The lowest BCUT2D eigenvalue weighted by molar-refractivity contribution is 0.0702. The molecule has 0 spiro atoms. The van der Waals surface area contributed by atoms with Crippen molar-refractivity contribution in [2.45, 2.75) is 33.7 Å². The van der Waals surface area contributed by atoms with Crippen LogP contribution in [0.25, 0.3) is 0 Å². The molecule has 0 saturated heterocycles. The molecule has 1 rings (SSSR count). The summed E-state index contributed by atoms with van der Waals surface area (Å²) in [6.07, 6.45) is 0. The van der Waals surface area contributed by atoms with Crippen molar-refractivity contribution < 1.29 is 22.8 Å². The van der Waals surface area contributed by atoms with Crippen molar-refractivity contribution in [3.8, 4) is 11.5 Å². The summed E-state index contributed by atoms with van der Waals surface area (Å²) in [5.41, 5.74) is 2.01. The number of methoxy groups -OCH3 is 2. The van der Waals surface area contributed by atoms with Gasteiger partial charge in [-0.15, -0.1) is 0 Å². The van der Waals surface area contributed by atoms with E-state index in [2.05, 4.69) is 0 Å². The van der Waals surface area contributed by atoms with Gasteiger partial charge in [-0.05, 0) is 45.4 Å². The monoisotopic (exact) mass is 328 g/mol. The van der Waals surface area contributed by atoms with Crippen LogP contribution in [0.1, 0.15) is 31.9 Å². The zero-order valence-corrected chi connectivity index (χ0v) is 15.5. The molecular weight excluding hydrogens is 300 g/mol. The van der Waals surface area contributed by atoms with Crippen molar-refractivity contribution in [2.75, 3.05) is 34.0 Å². The van der Waals surface area contributed by atoms with Crippen LogP contribution >= 0.6 is 0 Å². The number of ether oxygens (including phenoxy) is 2. The Morgan fingerprint density at radius 2 is 1.41 bits per heavy atom. The normalized spacial score (nSPS) is 11.5. The molecule has 0 aliphatic rings. The van der Waals surface area contributed by atoms with Crippen molar-refractivity contribution in [2.24, 2.45) is 0 Å². The average Bonchev–Trinajstić information content (AvgIpc) is 2.47. The molecule has 0 fully saturated rings. The topological polar surface area (TPSA) is 46.2 Å². The minimum atomic E-state index is -2.78. The summed E-state index contributed by atoms with van der Waals surface area (Å²) in [7, 11) is 0.548. The quantitative estimate of drug-likeness (QED) is 0.618. The van der Waals surface area contributed by atoms with Gasteiger partial charge in [0.1, 0.15) is 11.5 Å². The Morgan fingerprint density at radius 3 is 1.82 bits per heavy atom. The van der Waals surface area contributed by atoms with E-state index in [0.717, 1.165) is 22.6 Å². The van der Waals surface area contributed by atoms with Crippen LogP contribution in [0.5, 0.6) is 11.5 Å². The average molecular weight is 328 g/mol. The van der Waals surface area contributed by atoms with Crippen LogP contribution in [0, 0.1) is 6.92 Å². The van der Waals surface area contributed by atoms with Gasteiger partial charge >= 0.3 is 8.80 Å². The zero-order chi connectivity index (χ0) is 16.6. The zero-order valence-electron chi connectivity index (χ0n) is 14.5. The van der Waals surface area contributed by atoms with Gasteiger partial charge < -0.3 is 22.8 Å². The fourth-order valence-electron chi connectivity index (χ4n) is 2.52. The van der Waals surface area contributed by atoms with E-state index in [1.165, 1.54) is 0 Å². The van der Waals surface area contributed by atoms with Gasteiger partial charge in [-0.1, -0.05) is 0 Å². The first kappa shape index (κ1) is 19.0. The first-order chi connectivity index (χ1) is 10.6. The highest BCUT2D eigenvalue weighted by atomic mass is 28.4. The maximum Gasteiger partial charge on any atom is 0.505 e. The largest absolute Gasteiger partial charge is 0.505 e. The SMILES string of the molecule is CCO[Si](Cc1cc(OC)cc(C)c1OC)(OCC)OCC. The molecule has 0 aliphatic carbocycles. The molecule has 22 heavy (non-hydrogen) atoms. The highest BCUT2D eigenvalue weighted by Gasteiger charge is 2.41. The maximum atomic E-state index is 5.93. The molecule has 0 bridgehead atoms. The highest BCUT2D eigenvalue weighted by molar-refractivity contribution is 6.60. The predicted octanol–water partition coefficient (Wildman–Crippen LogP) is 3.14. The highest BCUT2D eigenvalue weighted by Crippen LogP contribution is 2.32. The fourth-order valence-corrected chi connectivity index (χ4v) is 5.13. The number of aryl methyl sites for hydroxylation is 1. The van der Waals surface area contributed by atoms with Gasteiger partial charge in [-0.2, -0.15) is 0 Å². The minimum Gasteiger partial charge on any atom is -0.497 e. The summed E-state index contributed by atoms with van der Waals surface area (Å²) in [6.45, 7) is 9.51. The second-order valence-electron chi connectivity index (χ2n) is 4.80. The van der Waals surface area contributed by atoms with E-state index in [0.29, 0.717) is 25.9 Å². The Kier molecular flexibility index (Phi) is 7.88. The maximum absolute atomic E-state index is 5.93. The third kappa shape index (κ3) is 4.71. The number of hydrogen-bond donors (Lipinski definition) is 0. The van der Waals surface area contributed by atoms with E-state index in [4.69, 9.17) is 22.8 Å².